The van der Waals surface area contributed by atoms with Crippen LogP contribution in [0, 0.1) is 0 Å². The molecule has 5 heteroatoms. The lowest BCUT2D eigenvalue weighted by molar-refractivity contribution is 0.0385. The van der Waals surface area contributed by atoms with Crippen LogP contribution < -0.4 is 21.2 Å². The highest BCUT2D eigenvalue weighted by Gasteiger charge is 2.44. The maximum Gasteiger partial charge on any atom is 0.0938 e. The van der Waals surface area contributed by atoms with Gasteiger partial charge in [0.2, 0.25) is 0 Å². The van der Waals surface area contributed by atoms with Crippen LogP contribution in [0.3, 0.4) is 0 Å². The van der Waals surface area contributed by atoms with Crippen molar-refractivity contribution < 1.29 is 4.74 Å². The second kappa shape index (κ2) is 13.7. The first-order chi connectivity index (χ1) is 20.2. The molecule has 0 spiro atoms. The molecule has 6 rings (SSSR count). The standard InChI is InChI=1S/C36H34OP4/c1-5-17-29(18-6-1)38-35(39-30-19-7-2-8-20-30)27-15-13-25-33(35)37-34-26-14-16-28-36(34,40-31-21-9-3-10-22-31)41-32-23-11-4-12-24-32/h1-28,33-34,38-41H. The quantitative estimate of drug-likeness (QED) is 0.171. The van der Waals surface area contributed by atoms with Gasteiger partial charge >= 0.3 is 0 Å². The van der Waals surface area contributed by atoms with E-state index in [9.17, 15) is 0 Å². The van der Waals surface area contributed by atoms with Crippen molar-refractivity contribution in [3.05, 3.63) is 170 Å². The highest BCUT2D eigenvalue weighted by Crippen LogP contribution is 2.56. The minimum atomic E-state index is -0.149. The van der Waals surface area contributed by atoms with Crippen LogP contribution in [-0.4, -0.2) is 22.0 Å². The van der Waals surface area contributed by atoms with Gasteiger partial charge in [-0.3, -0.25) is 0 Å². The Morgan fingerprint density at radius 1 is 0.390 bits per heavy atom. The van der Waals surface area contributed by atoms with Crippen molar-refractivity contribution in [1.82, 2.24) is 0 Å². The molecule has 2 aliphatic carbocycles. The molecule has 0 amide bonds. The van der Waals surface area contributed by atoms with Gasteiger partial charge in [0.25, 0.3) is 0 Å². The normalized spacial score (nSPS) is 26.0. The fraction of sp³-hybridized carbons (Fsp3) is 0.111. The van der Waals surface area contributed by atoms with Crippen molar-refractivity contribution in [3.8, 4) is 0 Å². The van der Waals surface area contributed by atoms with E-state index in [0.29, 0.717) is 34.3 Å². The average molecular weight is 607 g/mol. The lowest BCUT2D eigenvalue weighted by Gasteiger charge is -2.45. The first-order valence-corrected chi connectivity index (χ1v) is 17.9. The molecule has 0 fully saturated rings. The Morgan fingerprint density at radius 2 is 0.683 bits per heavy atom. The summed E-state index contributed by atoms with van der Waals surface area (Å²) in [6, 6.07) is 43.8. The Bertz CT molecular complexity index is 1320. The predicted molar refractivity (Wildman–Crippen MR) is 188 cm³/mol. The van der Waals surface area contributed by atoms with Crippen LogP contribution in [0.4, 0.5) is 0 Å². The van der Waals surface area contributed by atoms with Crippen LogP contribution in [0.2, 0.25) is 0 Å². The van der Waals surface area contributed by atoms with Crippen LogP contribution in [0.25, 0.3) is 0 Å². The molecule has 0 aromatic heterocycles. The minimum absolute atomic E-state index is 0.0498. The first kappa shape index (κ1) is 28.6. The van der Waals surface area contributed by atoms with Crippen LogP contribution in [-0.2, 0) is 4.74 Å². The van der Waals surface area contributed by atoms with Crippen molar-refractivity contribution >= 4 is 55.5 Å². The Labute approximate surface area is 251 Å². The second-order valence-electron chi connectivity index (χ2n) is 10.2. The number of allylic oxidation sites excluding steroid dienone is 4. The number of rotatable bonds is 10. The summed E-state index contributed by atoms with van der Waals surface area (Å²) in [5, 5.41) is 5.47. The summed E-state index contributed by atoms with van der Waals surface area (Å²) in [5.74, 6) is 0. The Balaban J connectivity index is 1.38. The molecule has 0 N–H and O–H groups in total. The minimum Gasteiger partial charge on any atom is -0.364 e. The molecule has 6 atom stereocenters. The Morgan fingerprint density at radius 3 is 0.976 bits per heavy atom. The van der Waals surface area contributed by atoms with Gasteiger partial charge in [0.1, 0.15) is 0 Å². The largest absolute Gasteiger partial charge is 0.364 e. The molecule has 1 nitrogen and oxygen atoms in total. The van der Waals surface area contributed by atoms with Crippen LogP contribution in [0.1, 0.15) is 0 Å². The van der Waals surface area contributed by atoms with Gasteiger partial charge < -0.3 is 4.74 Å². The molecule has 0 radical (unpaired) electrons. The molecule has 0 saturated carbocycles. The van der Waals surface area contributed by atoms with Crippen molar-refractivity contribution in [3.63, 3.8) is 0 Å². The molecule has 6 unspecified atom stereocenters. The summed E-state index contributed by atoms with van der Waals surface area (Å²) in [5.41, 5.74) is 0. The topological polar surface area (TPSA) is 9.23 Å². The highest BCUT2D eigenvalue weighted by atomic mass is 31.1. The van der Waals surface area contributed by atoms with E-state index in [2.05, 4.69) is 170 Å². The average Bonchev–Trinajstić information content (AvgIpc) is 3.01. The lowest BCUT2D eigenvalue weighted by atomic mass is 10.1. The molecular formula is C36H34OP4. The Kier molecular flexibility index (Phi) is 9.54. The van der Waals surface area contributed by atoms with Gasteiger partial charge in [-0.25, -0.2) is 0 Å². The fourth-order valence-electron chi connectivity index (χ4n) is 5.26. The van der Waals surface area contributed by atoms with E-state index in [4.69, 9.17) is 4.74 Å². The van der Waals surface area contributed by atoms with E-state index in [1.165, 1.54) is 21.2 Å². The molecule has 4 aromatic carbocycles. The number of hydrogen-bond donors (Lipinski definition) is 0. The smallest absolute Gasteiger partial charge is 0.0938 e. The summed E-state index contributed by atoms with van der Waals surface area (Å²) in [7, 11) is 2.37. The third-order valence-corrected chi connectivity index (χ3v) is 14.7. The molecule has 0 saturated heterocycles. The van der Waals surface area contributed by atoms with Gasteiger partial charge in [-0.2, -0.15) is 0 Å². The van der Waals surface area contributed by atoms with E-state index in [0.717, 1.165) is 0 Å². The second-order valence-corrected chi connectivity index (χ2v) is 17.8. The van der Waals surface area contributed by atoms with E-state index < -0.39 is 0 Å². The van der Waals surface area contributed by atoms with Crippen LogP contribution >= 0.6 is 34.3 Å². The van der Waals surface area contributed by atoms with Gasteiger partial charge in [-0.05, 0) is 21.2 Å². The van der Waals surface area contributed by atoms with Crippen LogP contribution in [0.15, 0.2) is 170 Å². The number of ether oxygens (including phenoxy) is 1. The molecule has 0 aliphatic heterocycles. The molecule has 0 heterocycles. The zero-order valence-electron chi connectivity index (χ0n) is 22.7. The third kappa shape index (κ3) is 7.12. The highest BCUT2D eigenvalue weighted by molar-refractivity contribution is 7.68. The van der Waals surface area contributed by atoms with Crippen molar-refractivity contribution in [2.24, 2.45) is 0 Å². The van der Waals surface area contributed by atoms with Crippen molar-refractivity contribution in [1.29, 1.82) is 0 Å². The predicted octanol–water partition coefficient (Wildman–Crippen LogP) is 7.40. The SMILES string of the molecule is C1=CC(OC2C=CC=CC2(Pc2ccccc2)Pc2ccccc2)C(Pc2ccccc2)(Pc2ccccc2)C=C1. The lowest BCUT2D eigenvalue weighted by Crippen LogP contribution is -2.45. The number of benzene rings is 4. The van der Waals surface area contributed by atoms with E-state index in [-0.39, 0.29) is 22.0 Å². The van der Waals surface area contributed by atoms with Crippen LogP contribution in [0.5, 0.6) is 0 Å². The van der Waals surface area contributed by atoms with Gasteiger partial charge in [-0.1, -0.05) is 204 Å². The molecule has 41 heavy (non-hydrogen) atoms. The maximum absolute atomic E-state index is 7.40. The van der Waals surface area contributed by atoms with Crippen molar-refractivity contribution in [2.45, 2.75) is 22.0 Å². The third-order valence-electron chi connectivity index (χ3n) is 7.20. The zero-order chi connectivity index (χ0) is 27.8. The Hall–Kier alpha value is -2.48. The van der Waals surface area contributed by atoms with Crippen molar-refractivity contribution in [2.75, 3.05) is 0 Å². The summed E-state index contributed by atoms with van der Waals surface area (Å²) < 4.78 is 7.40. The first-order valence-electron chi connectivity index (χ1n) is 13.9. The summed E-state index contributed by atoms with van der Waals surface area (Å²) in [6.45, 7) is 0. The molecule has 2 aliphatic rings. The fourth-order valence-corrected chi connectivity index (χ4v) is 12.8. The number of hydrogen-bond acceptors (Lipinski definition) is 1. The van der Waals surface area contributed by atoms with E-state index in [1.807, 2.05) is 0 Å². The monoisotopic (exact) mass is 606 g/mol. The van der Waals surface area contributed by atoms with E-state index in [1.54, 1.807) is 0 Å². The molecule has 0 bridgehead atoms. The van der Waals surface area contributed by atoms with Gasteiger partial charge in [0.15, 0.2) is 0 Å². The summed E-state index contributed by atoms with van der Waals surface area (Å²) >= 11 is 0. The molecular weight excluding hydrogens is 572 g/mol. The zero-order valence-corrected chi connectivity index (χ0v) is 26.7. The summed E-state index contributed by atoms with van der Waals surface area (Å²) in [4.78, 5) is -0.298. The van der Waals surface area contributed by atoms with Gasteiger partial charge in [0.05, 0.1) is 22.0 Å². The summed E-state index contributed by atoms with van der Waals surface area (Å²) in [6.07, 6.45) is 18.2. The molecule has 4 aromatic rings. The van der Waals surface area contributed by atoms with Gasteiger partial charge in [0, 0.05) is 0 Å². The molecule has 204 valence electrons. The maximum atomic E-state index is 7.40. The van der Waals surface area contributed by atoms with E-state index >= 15 is 0 Å². The van der Waals surface area contributed by atoms with Gasteiger partial charge in [-0.15, -0.1) is 0 Å².